The molecular weight excluding hydrogens is 371 g/mol. The van der Waals surface area contributed by atoms with E-state index in [9.17, 15) is 9.18 Å². The summed E-state index contributed by atoms with van der Waals surface area (Å²) in [6.45, 7) is 5.44. The number of anilines is 2. The molecule has 0 radical (unpaired) electrons. The lowest BCUT2D eigenvalue weighted by Crippen LogP contribution is -2.37. The number of halogens is 2. The van der Waals surface area contributed by atoms with Crippen molar-refractivity contribution in [3.8, 4) is 0 Å². The molecule has 7 heteroatoms. The van der Waals surface area contributed by atoms with E-state index in [4.69, 9.17) is 9.47 Å². The van der Waals surface area contributed by atoms with Crippen molar-refractivity contribution in [1.82, 2.24) is 0 Å². The summed E-state index contributed by atoms with van der Waals surface area (Å²) in [4.78, 5) is 14.6. The van der Waals surface area contributed by atoms with E-state index in [1.807, 2.05) is 18.2 Å². The Bertz CT molecular complexity index is 749. The second-order valence-electron chi connectivity index (χ2n) is 6.03. The quantitative estimate of drug-likeness (QED) is 0.754. The number of morpholine rings is 1. The zero-order chi connectivity index (χ0) is 18.4. The van der Waals surface area contributed by atoms with E-state index in [0.29, 0.717) is 31.9 Å². The molecule has 2 aromatic carbocycles. The molecule has 0 aromatic heterocycles. The summed E-state index contributed by atoms with van der Waals surface area (Å²) < 4.78 is 23.6. The lowest BCUT2D eigenvalue weighted by Gasteiger charge is -2.30. The van der Waals surface area contributed by atoms with Crippen LogP contribution in [0.3, 0.4) is 0 Å². The minimum atomic E-state index is -0.334. The first-order chi connectivity index (χ1) is 12.7. The van der Waals surface area contributed by atoms with Crippen molar-refractivity contribution in [3.05, 3.63) is 59.4 Å². The Kier molecular flexibility index (Phi) is 7.88. The van der Waals surface area contributed by atoms with Gasteiger partial charge in [-0.2, -0.15) is 0 Å². The predicted molar refractivity (Wildman–Crippen MR) is 106 cm³/mol. The highest BCUT2D eigenvalue weighted by atomic mass is 35.5. The Morgan fingerprint density at radius 3 is 2.56 bits per heavy atom. The molecule has 1 saturated heterocycles. The van der Waals surface area contributed by atoms with Crippen molar-refractivity contribution >= 4 is 29.8 Å². The number of benzene rings is 2. The number of hydrogen-bond acceptors (Lipinski definition) is 5. The molecule has 2 aromatic rings. The number of nitrogens with one attached hydrogen (secondary N) is 1. The van der Waals surface area contributed by atoms with E-state index in [1.165, 1.54) is 12.1 Å². The molecule has 0 bridgehead atoms. The third-order valence-corrected chi connectivity index (χ3v) is 4.25. The van der Waals surface area contributed by atoms with Gasteiger partial charge in [-0.25, -0.2) is 9.18 Å². The van der Waals surface area contributed by atoms with Gasteiger partial charge in [-0.05, 0) is 42.8 Å². The SMILES string of the molecule is CCOC(=O)c1cc(NCc2ccc(F)cc2)ccc1N1CCOCC1.Cl. The van der Waals surface area contributed by atoms with Gasteiger partial charge >= 0.3 is 5.97 Å². The number of ether oxygens (including phenoxy) is 2. The maximum Gasteiger partial charge on any atom is 0.340 e. The molecule has 146 valence electrons. The Labute approximate surface area is 164 Å². The first kappa shape index (κ1) is 21.0. The Morgan fingerprint density at radius 2 is 1.89 bits per heavy atom. The molecule has 0 aliphatic carbocycles. The Hall–Kier alpha value is -2.31. The number of carbonyl (C=O) groups excluding carboxylic acids is 1. The predicted octanol–water partition coefficient (Wildman–Crippen LogP) is 3.87. The topological polar surface area (TPSA) is 50.8 Å². The molecule has 0 saturated carbocycles. The Balaban J connectivity index is 0.00000261. The van der Waals surface area contributed by atoms with Gasteiger partial charge in [0, 0.05) is 25.3 Å². The van der Waals surface area contributed by atoms with Crippen molar-refractivity contribution in [1.29, 1.82) is 0 Å². The number of nitrogens with zero attached hydrogens (tertiary/aromatic N) is 1. The van der Waals surface area contributed by atoms with Gasteiger partial charge in [-0.1, -0.05) is 12.1 Å². The zero-order valence-corrected chi connectivity index (χ0v) is 16.1. The zero-order valence-electron chi connectivity index (χ0n) is 15.2. The third kappa shape index (κ3) is 5.58. The van der Waals surface area contributed by atoms with Gasteiger partial charge in [-0.3, -0.25) is 0 Å². The fourth-order valence-corrected chi connectivity index (χ4v) is 2.90. The molecule has 1 aliphatic heterocycles. The average molecular weight is 395 g/mol. The largest absolute Gasteiger partial charge is 0.462 e. The second-order valence-corrected chi connectivity index (χ2v) is 6.03. The fraction of sp³-hybridized carbons (Fsp3) is 0.350. The van der Waals surface area contributed by atoms with Gasteiger partial charge in [-0.15, -0.1) is 12.4 Å². The second kappa shape index (κ2) is 10.1. The van der Waals surface area contributed by atoms with Crippen molar-refractivity contribution in [2.24, 2.45) is 0 Å². The molecule has 1 fully saturated rings. The van der Waals surface area contributed by atoms with E-state index in [-0.39, 0.29) is 24.2 Å². The smallest absolute Gasteiger partial charge is 0.340 e. The molecule has 0 spiro atoms. The van der Waals surface area contributed by atoms with Gasteiger partial charge in [0.25, 0.3) is 0 Å². The van der Waals surface area contributed by atoms with E-state index >= 15 is 0 Å². The molecule has 0 atom stereocenters. The van der Waals surface area contributed by atoms with Crippen molar-refractivity contribution in [3.63, 3.8) is 0 Å². The average Bonchev–Trinajstić information content (AvgIpc) is 2.68. The monoisotopic (exact) mass is 394 g/mol. The number of rotatable bonds is 6. The van der Waals surface area contributed by atoms with Crippen LogP contribution in [-0.4, -0.2) is 38.9 Å². The molecule has 0 amide bonds. The summed E-state index contributed by atoms with van der Waals surface area (Å²) in [5, 5.41) is 3.27. The van der Waals surface area contributed by atoms with Crippen molar-refractivity contribution in [2.75, 3.05) is 43.1 Å². The van der Waals surface area contributed by atoms with E-state index in [1.54, 1.807) is 19.1 Å². The summed E-state index contributed by atoms with van der Waals surface area (Å²) >= 11 is 0. The van der Waals surface area contributed by atoms with Gasteiger partial charge in [0.15, 0.2) is 0 Å². The van der Waals surface area contributed by atoms with E-state index in [2.05, 4.69) is 10.2 Å². The van der Waals surface area contributed by atoms with Crippen LogP contribution >= 0.6 is 12.4 Å². The molecular formula is C20H24ClFN2O3. The van der Waals surface area contributed by atoms with Crippen LogP contribution < -0.4 is 10.2 Å². The first-order valence-electron chi connectivity index (χ1n) is 8.79. The maximum atomic E-state index is 13.0. The maximum absolute atomic E-state index is 13.0. The van der Waals surface area contributed by atoms with E-state index < -0.39 is 0 Å². The highest BCUT2D eigenvalue weighted by molar-refractivity contribution is 5.97. The Morgan fingerprint density at radius 1 is 1.19 bits per heavy atom. The minimum absolute atomic E-state index is 0. The van der Waals surface area contributed by atoms with Crippen molar-refractivity contribution in [2.45, 2.75) is 13.5 Å². The van der Waals surface area contributed by atoms with Crippen LogP contribution in [0, 0.1) is 5.82 Å². The summed E-state index contributed by atoms with van der Waals surface area (Å²) in [6.07, 6.45) is 0. The fourth-order valence-electron chi connectivity index (χ4n) is 2.90. The highest BCUT2D eigenvalue weighted by Gasteiger charge is 2.20. The molecule has 27 heavy (non-hydrogen) atoms. The van der Waals surface area contributed by atoms with Crippen LogP contribution in [0.5, 0.6) is 0 Å². The van der Waals surface area contributed by atoms with E-state index in [0.717, 1.165) is 30.0 Å². The summed E-state index contributed by atoms with van der Waals surface area (Å²) in [7, 11) is 0. The number of hydrogen-bond donors (Lipinski definition) is 1. The highest BCUT2D eigenvalue weighted by Crippen LogP contribution is 2.26. The summed E-state index contributed by atoms with van der Waals surface area (Å²) in [6, 6.07) is 12.0. The van der Waals surface area contributed by atoms with Crippen LogP contribution in [0.15, 0.2) is 42.5 Å². The third-order valence-electron chi connectivity index (χ3n) is 4.25. The molecule has 0 unspecified atom stereocenters. The van der Waals surface area contributed by atoms with Gasteiger partial charge < -0.3 is 19.7 Å². The summed E-state index contributed by atoms with van der Waals surface area (Å²) in [5.74, 6) is -0.590. The molecule has 5 nitrogen and oxygen atoms in total. The lowest BCUT2D eigenvalue weighted by atomic mass is 10.1. The lowest BCUT2D eigenvalue weighted by molar-refractivity contribution is 0.0526. The van der Waals surface area contributed by atoms with Crippen LogP contribution in [0.25, 0.3) is 0 Å². The van der Waals surface area contributed by atoms with Crippen LogP contribution in [-0.2, 0) is 16.0 Å². The molecule has 3 rings (SSSR count). The van der Waals surface area contributed by atoms with Crippen molar-refractivity contribution < 1.29 is 18.7 Å². The number of carbonyl (C=O) groups is 1. The molecule has 1 N–H and O–H groups in total. The van der Waals surface area contributed by atoms with Gasteiger partial charge in [0.2, 0.25) is 0 Å². The summed E-state index contributed by atoms with van der Waals surface area (Å²) in [5.41, 5.74) is 3.17. The number of esters is 1. The minimum Gasteiger partial charge on any atom is -0.462 e. The van der Waals surface area contributed by atoms with Gasteiger partial charge in [0.1, 0.15) is 5.82 Å². The standard InChI is InChI=1S/C20H23FN2O3.ClH/c1-2-26-20(24)18-13-17(22-14-15-3-5-16(21)6-4-15)7-8-19(18)23-9-11-25-12-10-23;/h3-8,13,22H,2,9-12,14H2,1H3;1H. The first-order valence-corrected chi connectivity index (χ1v) is 8.79. The van der Waals surface area contributed by atoms with Crippen LogP contribution in [0.2, 0.25) is 0 Å². The van der Waals surface area contributed by atoms with Crippen LogP contribution in [0.4, 0.5) is 15.8 Å². The van der Waals surface area contributed by atoms with Gasteiger partial charge in [0.05, 0.1) is 31.1 Å². The molecule has 1 aliphatic rings. The molecule has 1 heterocycles. The normalized spacial score (nSPS) is 13.6. The van der Waals surface area contributed by atoms with Crippen LogP contribution in [0.1, 0.15) is 22.8 Å².